The highest BCUT2D eigenvalue weighted by atomic mass is 35.5. The van der Waals surface area contributed by atoms with Gasteiger partial charge in [-0.1, -0.05) is 35.4 Å². The van der Waals surface area contributed by atoms with E-state index in [1.807, 2.05) is 13.0 Å². The molecule has 1 aliphatic heterocycles. The van der Waals surface area contributed by atoms with Gasteiger partial charge in [0.25, 0.3) is 0 Å². The third kappa shape index (κ3) is 8.43. The first-order valence-corrected chi connectivity index (χ1v) is 14.9. The van der Waals surface area contributed by atoms with Gasteiger partial charge in [0.2, 0.25) is 0 Å². The van der Waals surface area contributed by atoms with Gasteiger partial charge in [0.15, 0.2) is 0 Å². The van der Waals surface area contributed by atoms with E-state index in [-0.39, 0.29) is 43.2 Å². The number of methoxy groups -OCH3 is 1. The second-order valence-corrected chi connectivity index (χ2v) is 11.3. The van der Waals surface area contributed by atoms with Crippen LogP contribution in [0.15, 0.2) is 48.5 Å². The van der Waals surface area contributed by atoms with Gasteiger partial charge < -0.3 is 18.9 Å². The maximum atomic E-state index is 13.5. The normalized spacial score (nSPS) is 16.7. The molecule has 0 bridgehead atoms. The number of carbonyl (C=O) groups is 2. The fraction of sp³-hybridized carbons (Fsp3) is 0.394. The van der Waals surface area contributed by atoms with Crippen molar-refractivity contribution >= 4 is 23.7 Å². The van der Waals surface area contributed by atoms with E-state index in [0.29, 0.717) is 46.7 Å². The van der Waals surface area contributed by atoms with Gasteiger partial charge in [0.05, 0.1) is 49.1 Å². The Bertz CT molecular complexity index is 1590. The molecule has 14 heteroatoms. The number of amides is 1. The maximum Gasteiger partial charge on any atom is 0.416 e. The number of halogens is 7. The molecule has 1 amide bonds. The van der Waals surface area contributed by atoms with Crippen molar-refractivity contribution in [1.82, 2.24) is 4.90 Å². The maximum absolute atomic E-state index is 13.5. The van der Waals surface area contributed by atoms with Gasteiger partial charge in [-0.3, -0.25) is 9.69 Å². The third-order valence-electron chi connectivity index (χ3n) is 7.56. The Morgan fingerprint density at radius 3 is 2.21 bits per heavy atom. The van der Waals surface area contributed by atoms with Crippen LogP contribution in [0.5, 0.6) is 11.5 Å². The van der Waals surface area contributed by atoms with Crippen molar-refractivity contribution in [2.45, 2.75) is 64.7 Å². The van der Waals surface area contributed by atoms with E-state index in [1.54, 1.807) is 31.2 Å². The van der Waals surface area contributed by atoms with Crippen LogP contribution in [0.3, 0.4) is 0 Å². The quantitative estimate of drug-likeness (QED) is 0.114. The van der Waals surface area contributed by atoms with E-state index >= 15 is 0 Å². The number of rotatable bonds is 11. The lowest BCUT2D eigenvalue weighted by Gasteiger charge is -2.24. The first-order chi connectivity index (χ1) is 22.0. The Hall–Kier alpha value is -4.13. The van der Waals surface area contributed by atoms with Gasteiger partial charge in [-0.15, -0.1) is 0 Å². The fourth-order valence-corrected chi connectivity index (χ4v) is 5.47. The molecule has 0 saturated carbocycles. The van der Waals surface area contributed by atoms with Gasteiger partial charge in [0, 0.05) is 18.1 Å². The number of benzene rings is 3. The largest absolute Gasteiger partial charge is 0.496 e. The van der Waals surface area contributed by atoms with Crippen LogP contribution in [-0.2, 0) is 33.2 Å². The van der Waals surface area contributed by atoms with Crippen molar-refractivity contribution in [2.24, 2.45) is 0 Å². The van der Waals surface area contributed by atoms with E-state index in [4.69, 9.17) is 30.5 Å². The topological polar surface area (TPSA) is 74.3 Å². The molecular formula is C33H32ClF6NO6. The Morgan fingerprint density at radius 2 is 1.62 bits per heavy atom. The third-order valence-corrected chi connectivity index (χ3v) is 7.86. The zero-order chi connectivity index (χ0) is 34.7. The Labute approximate surface area is 272 Å². The summed E-state index contributed by atoms with van der Waals surface area (Å²) in [4.78, 5) is 26.0. The van der Waals surface area contributed by atoms with E-state index in [0.717, 1.165) is 5.56 Å². The van der Waals surface area contributed by atoms with Crippen molar-refractivity contribution in [1.29, 1.82) is 0 Å². The zero-order valence-corrected chi connectivity index (χ0v) is 26.6. The molecule has 2 atom stereocenters. The fourth-order valence-electron chi connectivity index (χ4n) is 5.26. The molecule has 0 unspecified atom stereocenters. The summed E-state index contributed by atoms with van der Waals surface area (Å²) < 4.78 is 103. The number of ether oxygens (including phenoxy) is 4. The predicted octanol–water partition coefficient (Wildman–Crippen LogP) is 9.17. The average Bonchev–Trinajstić information content (AvgIpc) is 3.27. The first-order valence-electron chi connectivity index (χ1n) is 14.6. The van der Waals surface area contributed by atoms with Crippen LogP contribution in [0.2, 0.25) is 5.02 Å². The predicted molar refractivity (Wildman–Crippen MR) is 160 cm³/mol. The Balaban J connectivity index is 1.65. The molecule has 1 aliphatic rings. The van der Waals surface area contributed by atoms with Gasteiger partial charge >= 0.3 is 24.4 Å². The molecule has 3 aromatic rings. The number of carbonyl (C=O) groups excluding carboxylic acids is 2. The van der Waals surface area contributed by atoms with Crippen LogP contribution < -0.4 is 9.47 Å². The minimum absolute atomic E-state index is 0.0274. The molecule has 4 rings (SSSR count). The number of hydrogen-bond donors (Lipinski definition) is 0. The molecule has 1 saturated heterocycles. The van der Waals surface area contributed by atoms with Crippen LogP contribution in [0.25, 0.3) is 11.1 Å². The highest BCUT2D eigenvalue weighted by molar-refractivity contribution is 6.32. The standard InChI is InChI=1S/C33H32ClF6NO6/c1-5-45-29(42)7-6-10-46-28-15-25(27(44-4)16-26(28)34)24-9-8-18(2)11-21(24)17-41-19(3)30(47-31(41)43)20-12-22(32(35,36)37)14-23(13-20)33(38,39)40/h8-9,11-16,19,30H,5-7,10,17H2,1-4H3/t19-,30-/m0/s1. The molecule has 7 nitrogen and oxygen atoms in total. The summed E-state index contributed by atoms with van der Waals surface area (Å²) in [6.07, 6.45) is -11.9. The molecule has 254 valence electrons. The number of esters is 1. The molecule has 47 heavy (non-hydrogen) atoms. The van der Waals surface area contributed by atoms with Crippen LogP contribution >= 0.6 is 11.6 Å². The van der Waals surface area contributed by atoms with Gasteiger partial charge in [-0.25, -0.2) is 4.79 Å². The van der Waals surface area contributed by atoms with Crippen LogP contribution in [0, 0.1) is 6.92 Å². The van der Waals surface area contributed by atoms with Gasteiger partial charge in [0.1, 0.15) is 17.6 Å². The monoisotopic (exact) mass is 687 g/mol. The highest BCUT2D eigenvalue weighted by Gasteiger charge is 2.43. The number of cyclic esters (lactones) is 1. The Kier molecular flexibility index (Phi) is 10.9. The van der Waals surface area contributed by atoms with Gasteiger partial charge in [-0.05, 0) is 68.1 Å². The molecule has 1 heterocycles. The number of nitrogens with zero attached hydrogens (tertiary/aromatic N) is 1. The molecule has 0 aliphatic carbocycles. The minimum atomic E-state index is -5.06. The lowest BCUT2D eigenvalue weighted by molar-refractivity contribution is -0.144. The van der Waals surface area contributed by atoms with Crippen molar-refractivity contribution in [3.63, 3.8) is 0 Å². The number of alkyl halides is 6. The Morgan fingerprint density at radius 1 is 0.957 bits per heavy atom. The van der Waals surface area contributed by atoms with Crippen LogP contribution in [0.1, 0.15) is 60.6 Å². The lowest BCUT2D eigenvalue weighted by atomic mass is 9.95. The summed E-state index contributed by atoms with van der Waals surface area (Å²) in [6, 6.07) is 8.82. The summed E-state index contributed by atoms with van der Waals surface area (Å²) in [5.74, 6) is 0.321. The summed E-state index contributed by atoms with van der Waals surface area (Å²) in [6.45, 7) is 5.35. The molecule has 0 N–H and O–H groups in total. The van der Waals surface area contributed by atoms with Crippen LogP contribution in [-0.4, -0.2) is 43.3 Å². The molecule has 0 radical (unpaired) electrons. The summed E-state index contributed by atoms with van der Waals surface area (Å²) in [7, 11) is 1.44. The van der Waals surface area contributed by atoms with Crippen LogP contribution in [0.4, 0.5) is 31.1 Å². The summed E-state index contributed by atoms with van der Waals surface area (Å²) in [5.41, 5.74) is -0.888. The van der Waals surface area contributed by atoms with Crippen molar-refractivity contribution in [3.05, 3.63) is 81.4 Å². The molecule has 1 fully saturated rings. The van der Waals surface area contributed by atoms with Crippen molar-refractivity contribution < 1.29 is 54.9 Å². The van der Waals surface area contributed by atoms with Crippen molar-refractivity contribution in [2.75, 3.05) is 20.3 Å². The highest BCUT2D eigenvalue weighted by Crippen LogP contribution is 2.43. The number of aryl methyl sites for hydroxylation is 1. The van der Waals surface area contributed by atoms with E-state index in [2.05, 4.69) is 0 Å². The molecule has 0 spiro atoms. The molecule has 0 aromatic heterocycles. The summed E-state index contributed by atoms with van der Waals surface area (Å²) >= 11 is 6.45. The van der Waals surface area contributed by atoms with Gasteiger partial charge in [-0.2, -0.15) is 26.3 Å². The average molecular weight is 688 g/mol. The second kappa shape index (κ2) is 14.3. The zero-order valence-electron chi connectivity index (χ0n) is 25.9. The van der Waals surface area contributed by atoms with E-state index in [9.17, 15) is 35.9 Å². The first kappa shape index (κ1) is 35.7. The lowest BCUT2D eigenvalue weighted by Crippen LogP contribution is -2.31. The SMILES string of the molecule is CCOC(=O)CCCOc1cc(-c2ccc(C)cc2CN2C(=O)O[C@H](c3cc(C(F)(F)F)cc(C(F)(F)F)c3)[C@@H]2C)c(OC)cc1Cl. The summed E-state index contributed by atoms with van der Waals surface area (Å²) in [5, 5.41) is 0.245. The van der Waals surface area contributed by atoms with Crippen molar-refractivity contribution in [3.8, 4) is 22.6 Å². The number of hydrogen-bond acceptors (Lipinski definition) is 6. The second-order valence-electron chi connectivity index (χ2n) is 10.9. The molecular weight excluding hydrogens is 656 g/mol. The van der Waals surface area contributed by atoms with E-state index in [1.165, 1.54) is 18.9 Å². The smallest absolute Gasteiger partial charge is 0.416 e. The van der Waals surface area contributed by atoms with E-state index < -0.39 is 47.3 Å². The molecule has 3 aromatic carbocycles. The minimum Gasteiger partial charge on any atom is -0.496 e.